The van der Waals surface area contributed by atoms with Crippen LogP contribution in [0.5, 0.6) is 5.75 Å². The lowest BCUT2D eigenvalue weighted by atomic mass is 10.3. The summed E-state index contributed by atoms with van der Waals surface area (Å²) in [5.41, 5.74) is 0. The quantitative estimate of drug-likeness (QED) is 0.813. The van der Waals surface area contributed by atoms with Gasteiger partial charge < -0.3 is 4.74 Å². The van der Waals surface area contributed by atoms with E-state index in [1.54, 1.807) is 6.07 Å². The second-order valence-corrected chi connectivity index (χ2v) is 5.72. The first-order valence-corrected chi connectivity index (χ1v) is 7.20. The molecule has 1 rings (SSSR count). The third-order valence-corrected chi connectivity index (χ3v) is 3.95. The van der Waals surface area contributed by atoms with Crippen molar-refractivity contribution in [2.45, 2.75) is 24.7 Å². The molecule has 1 N–H and O–H groups in total. The second kappa shape index (κ2) is 6.23. The van der Waals surface area contributed by atoms with Gasteiger partial charge >= 0.3 is 0 Å². The van der Waals surface area contributed by atoms with E-state index < -0.39 is 10.0 Å². The summed E-state index contributed by atoms with van der Waals surface area (Å²) in [6.45, 7) is 2.41. The van der Waals surface area contributed by atoms with Crippen molar-refractivity contribution in [1.82, 2.24) is 4.72 Å². The van der Waals surface area contributed by atoms with Gasteiger partial charge in [-0.3, -0.25) is 0 Å². The molecule has 0 saturated carbocycles. The minimum Gasteiger partial charge on any atom is -0.495 e. The minimum absolute atomic E-state index is 0.0728. The topological polar surface area (TPSA) is 55.4 Å². The zero-order chi connectivity index (χ0) is 12.9. The predicted molar refractivity (Wildman–Crippen MR) is 68.1 cm³/mol. The standard InChI is InChI=1S/C11H16ClNO3S/c1-3-4-7-13-17(14,15)11-8-9(12)5-6-10(11)16-2/h5-6,8,13H,3-4,7H2,1-2H3. The first-order chi connectivity index (χ1) is 8.01. The van der Waals surface area contributed by atoms with Crippen LogP contribution in [0.15, 0.2) is 23.1 Å². The van der Waals surface area contributed by atoms with E-state index in [0.29, 0.717) is 17.3 Å². The first-order valence-electron chi connectivity index (χ1n) is 5.34. The number of sulfonamides is 1. The zero-order valence-electron chi connectivity index (χ0n) is 9.86. The molecule has 0 bridgehead atoms. The molecule has 0 saturated heterocycles. The first kappa shape index (κ1) is 14.3. The van der Waals surface area contributed by atoms with Crippen LogP contribution in [0.1, 0.15) is 19.8 Å². The smallest absolute Gasteiger partial charge is 0.244 e. The van der Waals surface area contributed by atoms with Crippen molar-refractivity contribution >= 4 is 21.6 Å². The molecule has 4 nitrogen and oxygen atoms in total. The highest BCUT2D eigenvalue weighted by Crippen LogP contribution is 2.26. The number of ether oxygens (including phenoxy) is 1. The summed E-state index contributed by atoms with van der Waals surface area (Å²) < 4.78 is 31.5. The molecular formula is C11H16ClNO3S. The number of rotatable bonds is 6. The third-order valence-electron chi connectivity index (χ3n) is 2.24. The van der Waals surface area contributed by atoms with E-state index in [1.165, 1.54) is 19.2 Å². The number of unbranched alkanes of at least 4 members (excludes halogenated alkanes) is 1. The highest BCUT2D eigenvalue weighted by molar-refractivity contribution is 7.89. The molecule has 0 aliphatic heterocycles. The van der Waals surface area contributed by atoms with Gasteiger partial charge in [-0.25, -0.2) is 13.1 Å². The summed E-state index contributed by atoms with van der Waals surface area (Å²) in [4.78, 5) is 0.0728. The molecule has 0 aliphatic rings. The van der Waals surface area contributed by atoms with Gasteiger partial charge in [0.1, 0.15) is 10.6 Å². The number of hydrogen-bond donors (Lipinski definition) is 1. The van der Waals surface area contributed by atoms with Gasteiger partial charge in [0.15, 0.2) is 0 Å². The normalized spacial score (nSPS) is 11.5. The lowest BCUT2D eigenvalue weighted by molar-refractivity contribution is 0.402. The van der Waals surface area contributed by atoms with Crippen LogP contribution in [0.25, 0.3) is 0 Å². The van der Waals surface area contributed by atoms with E-state index in [2.05, 4.69) is 4.72 Å². The van der Waals surface area contributed by atoms with Crippen LogP contribution >= 0.6 is 11.6 Å². The average Bonchev–Trinajstić information content (AvgIpc) is 2.29. The van der Waals surface area contributed by atoms with Crippen molar-refractivity contribution in [3.05, 3.63) is 23.2 Å². The number of halogens is 1. The number of nitrogens with one attached hydrogen (secondary N) is 1. The molecule has 0 aliphatic carbocycles. The molecule has 0 atom stereocenters. The van der Waals surface area contributed by atoms with Crippen LogP contribution in [-0.2, 0) is 10.0 Å². The minimum atomic E-state index is -3.56. The van der Waals surface area contributed by atoms with E-state index in [4.69, 9.17) is 16.3 Å². The fourth-order valence-corrected chi connectivity index (χ4v) is 2.83. The van der Waals surface area contributed by atoms with Crippen LogP contribution < -0.4 is 9.46 Å². The van der Waals surface area contributed by atoms with Gasteiger partial charge in [0.2, 0.25) is 10.0 Å². The largest absolute Gasteiger partial charge is 0.495 e. The van der Waals surface area contributed by atoms with Crippen LogP contribution in [0.3, 0.4) is 0 Å². The predicted octanol–water partition coefficient (Wildman–Crippen LogP) is 2.43. The van der Waals surface area contributed by atoms with Crippen molar-refractivity contribution in [3.63, 3.8) is 0 Å². The Balaban J connectivity index is 3.00. The molecule has 0 spiro atoms. The van der Waals surface area contributed by atoms with Crippen LogP contribution in [0.2, 0.25) is 5.02 Å². The van der Waals surface area contributed by atoms with Crippen molar-refractivity contribution < 1.29 is 13.2 Å². The molecule has 0 fully saturated rings. The molecule has 1 aromatic rings. The Morgan fingerprint density at radius 1 is 1.41 bits per heavy atom. The van der Waals surface area contributed by atoms with E-state index >= 15 is 0 Å². The van der Waals surface area contributed by atoms with Crippen molar-refractivity contribution in [1.29, 1.82) is 0 Å². The zero-order valence-corrected chi connectivity index (χ0v) is 11.4. The third kappa shape index (κ3) is 3.87. The Morgan fingerprint density at radius 3 is 2.71 bits per heavy atom. The molecule has 6 heteroatoms. The van der Waals surface area contributed by atoms with E-state index in [1.807, 2.05) is 6.92 Å². The molecule has 96 valence electrons. The van der Waals surface area contributed by atoms with Crippen LogP contribution in [0.4, 0.5) is 0 Å². The molecule has 0 radical (unpaired) electrons. The summed E-state index contributed by atoms with van der Waals surface area (Å²) in [6, 6.07) is 4.51. The average molecular weight is 278 g/mol. The Morgan fingerprint density at radius 2 is 2.12 bits per heavy atom. The number of hydrogen-bond acceptors (Lipinski definition) is 3. The van der Waals surface area contributed by atoms with Gasteiger partial charge in [0.25, 0.3) is 0 Å². The molecule has 0 unspecified atom stereocenters. The molecular weight excluding hydrogens is 262 g/mol. The van der Waals surface area contributed by atoms with Gasteiger partial charge in [0, 0.05) is 11.6 Å². The summed E-state index contributed by atoms with van der Waals surface area (Å²) >= 11 is 5.79. The van der Waals surface area contributed by atoms with E-state index in [9.17, 15) is 8.42 Å². The maximum absolute atomic E-state index is 12.0. The van der Waals surface area contributed by atoms with Gasteiger partial charge in [0.05, 0.1) is 7.11 Å². The summed E-state index contributed by atoms with van der Waals surface area (Å²) in [5.74, 6) is 0.290. The van der Waals surface area contributed by atoms with Crippen molar-refractivity contribution in [2.75, 3.05) is 13.7 Å². The van der Waals surface area contributed by atoms with E-state index in [0.717, 1.165) is 12.8 Å². The lowest BCUT2D eigenvalue weighted by Gasteiger charge is -2.10. The highest BCUT2D eigenvalue weighted by atomic mass is 35.5. The second-order valence-electron chi connectivity index (χ2n) is 3.55. The molecule has 0 aromatic heterocycles. The molecule has 1 aromatic carbocycles. The van der Waals surface area contributed by atoms with Crippen LogP contribution in [-0.4, -0.2) is 22.1 Å². The Kier molecular flexibility index (Phi) is 5.24. The number of methoxy groups -OCH3 is 1. The van der Waals surface area contributed by atoms with Crippen molar-refractivity contribution in [2.24, 2.45) is 0 Å². The molecule has 17 heavy (non-hydrogen) atoms. The maximum Gasteiger partial charge on any atom is 0.244 e. The van der Waals surface area contributed by atoms with Gasteiger partial charge in [-0.15, -0.1) is 0 Å². The summed E-state index contributed by atoms with van der Waals surface area (Å²) in [5, 5.41) is 0.363. The van der Waals surface area contributed by atoms with Gasteiger partial charge in [-0.1, -0.05) is 24.9 Å². The van der Waals surface area contributed by atoms with Crippen molar-refractivity contribution in [3.8, 4) is 5.75 Å². The van der Waals surface area contributed by atoms with Crippen LogP contribution in [0, 0.1) is 0 Å². The molecule has 0 amide bonds. The fraction of sp³-hybridized carbons (Fsp3) is 0.455. The molecule has 0 heterocycles. The Labute approximate surface area is 107 Å². The Bertz CT molecular complexity index is 474. The summed E-state index contributed by atoms with van der Waals surface area (Å²) in [7, 11) is -2.13. The van der Waals surface area contributed by atoms with Gasteiger partial charge in [-0.2, -0.15) is 0 Å². The van der Waals surface area contributed by atoms with E-state index in [-0.39, 0.29) is 4.90 Å². The van der Waals surface area contributed by atoms with Gasteiger partial charge in [-0.05, 0) is 24.6 Å². The monoisotopic (exact) mass is 277 g/mol. The lowest BCUT2D eigenvalue weighted by Crippen LogP contribution is -2.25. The maximum atomic E-state index is 12.0. The summed E-state index contributed by atoms with van der Waals surface area (Å²) in [6.07, 6.45) is 1.72. The number of benzene rings is 1. The highest BCUT2D eigenvalue weighted by Gasteiger charge is 2.19. The Hall–Kier alpha value is -0.780. The fourth-order valence-electron chi connectivity index (χ4n) is 1.32. The SMILES string of the molecule is CCCCNS(=O)(=O)c1cc(Cl)ccc1OC.